The number of nitrogens with one attached hydrogen (secondary N) is 1. The molecule has 0 heterocycles. The van der Waals surface area contributed by atoms with Crippen LogP contribution in [0.1, 0.15) is 52.0 Å². The molecular formula is C17H26BrNO2. The smallest absolute Gasteiger partial charge is 0.224 e. The zero-order chi connectivity index (χ0) is 15.7. The average Bonchev–Trinajstić information content (AvgIpc) is 2.42. The lowest BCUT2D eigenvalue weighted by Crippen LogP contribution is -2.12. The summed E-state index contributed by atoms with van der Waals surface area (Å²) in [4.78, 5) is 12.2. The number of carbonyl (C=O) groups excluding carboxylic acids is 1. The van der Waals surface area contributed by atoms with Gasteiger partial charge in [0.1, 0.15) is 5.75 Å². The van der Waals surface area contributed by atoms with Crippen molar-refractivity contribution in [2.45, 2.75) is 57.7 Å². The van der Waals surface area contributed by atoms with E-state index in [1.165, 1.54) is 12.0 Å². The van der Waals surface area contributed by atoms with Gasteiger partial charge < -0.3 is 10.1 Å². The van der Waals surface area contributed by atoms with Crippen LogP contribution in [0, 0.1) is 0 Å². The summed E-state index contributed by atoms with van der Waals surface area (Å²) in [5.41, 5.74) is 1.99. The molecule has 0 aliphatic carbocycles. The van der Waals surface area contributed by atoms with Gasteiger partial charge in [-0.1, -0.05) is 42.3 Å². The summed E-state index contributed by atoms with van der Waals surface area (Å²) >= 11 is 3.71. The second-order valence-electron chi connectivity index (χ2n) is 5.15. The molecule has 21 heavy (non-hydrogen) atoms. The van der Waals surface area contributed by atoms with Crippen LogP contribution in [-0.4, -0.2) is 17.3 Å². The summed E-state index contributed by atoms with van der Waals surface area (Å²) in [6.07, 6.45) is 4.67. The minimum atomic E-state index is 0.0376. The van der Waals surface area contributed by atoms with Crippen LogP contribution in [0.15, 0.2) is 18.2 Å². The van der Waals surface area contributed by atoms with E-state index in [1.54, 1.807) is 0 Å². The number of carbonyl (C=O) groups is 1. The summed E-state index contributed by atoms with van der Waals surface area (Å²) in [7, 11) is 0. The quantitative estimate of drug-likeness (QED) is 0.637. The average molecular weight is 356 g/mol. The first kappa shape index (κ1) is 18.0. The molecule has 0 saturated heterocycles. The Morgan fingerprint density at radius 2 is 2.05 bits per heavy atom. The Bertz CT molecular complexity index is 448. The van der Waals surface area contributed by atoms with Crippen LogP contribution in [0.5, 0.6) is 5.75 Å². The molecule has 1 N–H and O–H groups in total. The van der Waals surface area contributed by atoms with Crippen molar-refractivity contribution in [2.24, 2.45) is 0 Å². The molecule has 0 saturated carbocycles. The molecular weight excluding hydrogens is 330 g/mol. The van der Waals surface area contributed by atoms with Crippen molar-refractivity contribution in [3.63, 3.8) is 0 Å². The summed E-state index contributed by atoms with van der Waals surface area (Å²) in [5.74, 6) is 0.797. The van der Waals surface area contributed by atoms with Gasteiger partial charge in [0.05, 0.1) is 12.3 Å². The Hall–Kier alpha value is -1.03. The number of ether oxygens (including phenoxy) is 1. The van der Waals surface area contributed by atoms with E-state index >= 15 is 0 Å². The Morgan fingerprint density at radius 1 is 1.29 bits per heavy atom. The molecule has 1 aromatic carbocycles. The molecule has 1 amide bonds. The van der Waals surface area contributed by atoms with Gasteiger partial charge in [-0.05, 0) is 43.9 Å². The van der Waals surface area contributed by atoms with Crippen molar-refractivity contribution >= 4 is 27.5 Å². The number of alkyl halides is 1. The Balaban J connectivity index is 2.82. The van der Waals surface area contributed by atoms with Gasteiger partial charge in [0.2, 0.25) is 5.91 Å². The van der Waals surface area contributed by atoms with Crippen LogP contribution in [0.4, 0.5) is 5.69 Å². The molecule has 0 spiro atoms. The maximum Gasteiger partial charge on any atom is 0.224 e. The van der Waals surface area contributed by atoms with E-state index in [2.05, 4.69) is 34.2 Å². The van der Waals surface area contributed by atoms with Crippen LogP contribution in [0.2, 0.25) is 0 Å². The van der Waals surface area contributed by atoms with Crippen molar-refractivity contribution in [1.82, 2.24) is 0 Å². The van der Waals surface area contributed by atoms with E-state index in [0.29, 0.717) is 17.9 Å². The molecule has 0 aliphatic heterocycles. The first-order chi connectivity index (χ1) is 10.1. The molecule has 1 atom stereocenters. The Kier molecular flexibility index (Phi) is 8.43. The number of benzene rings is 1. The first-order valence-electron chi connectivity index (χ1n) is 7.80. The first-order valence-corrected chi connectivity index (χ1v) is 8.71. The molecule has 0 aromatic heterocycles. The van der Waals surface area contributed by atoms with E-state index in [4.69, 9.17) is 4.74 Å². The van der Waals surface area contributed by atoms with Gasteiger partial charge in [0.25, 0.3) is 0 Å². The zero-order valence-corrected chi connectivity index (χ0v) is 14.8. The van der Waals surface area contributed by atoms with Crippen LogP contribution in [-0.2, 0) is 11.2 Å². The fourth-order valence-corrected chi connectivity index (χ4v) is 3.01. The van der Waals surface area contributed by atoms with Crippen molar-refractivity contribution in [1.29, 1.82) is 0 Å². The van der Waals surface area contributed by atoms with Crippen LogP contribution in [0.3, 0.4) is 0 Å². The van der Waals surface area contributed by atoms with E-state index in [1.807, 2.05) is 26.0 Å². The second kappa shape index (κ2) is 9.82. The van der Waals surface area contributed by atoms with Crippen molar-refractivity contribution in [2.75, 3.05) is 11.9 Å². The van der Waals surface area contributed by atoms with Gasteiger partial charge >= 0.3 is 0 Å². The Labute approximate surface area is 136 Å². The third-order valence-electron chi connectivity index (χ3n) is 3.16. The zero-order valence-electron chi connectivity index (χ0n) is 13.2. The Morgan fingerprint density at radius 3 is 2.67 bits per heavy atom. The monoisotopic (exact) mass is 355 g/mol. The normalized spacial score (nSPS) is 12.0. The maximum atomic E-state index is 11.7. The number of rotatable bonds is 9. The third kappa shape index (κ3) is 6.51. The topological polar surface area (TPSA) is 38.3 Å². The van der Waals surface area contributed by atoms with Crippen molar-refractivity contribution in [3.05, 3.63) is 23.8 Å². The minimum absolute atomic E-state index is 0.0376. The lowest BCUT2D eigenvalue weighted by molar-refractivity contribution is -0.116. The minimum Gasteiger partial charge on any atom is -0.492 e. The number of halogens is 1. The lowest BCUT2D eigenvalue weighted by atomic mass is 10.1. The SMILES string of the molecule is CCCC(=O)Nc1ccc(CC(Br)CCC)cc1OCC. The van der Waals surface area contributed by atoms with Gasteiger partial charge in [-0.3, -0.25) is 4.79 Å². The van der Waals surface area contributed by atoms with Crippen molar-refractivity contribution < 1.29 is 9.53 Å². The van der Waals surface area contributed by atoms with Crippen LogP contribution < -0.4 is 10.1 Å². The maximum absolute atomic E-state index is 11.7. The predicted molar refractivity (Wildman–Crippen MR) is 92.5 cm³/mol. The number of hydrogen-bond acceptors (Lipinski definition) is 2. The van der Waals surface area contributed by atoms with Crippen LogP contribution >= 0.6 is 15.9 Å². The highest BCUT2D eigenvalue weighted by Gasteiger charge is 2.10. The van der Waals surface area contributed by atoms with Crippen molar-refractivity contribution in [3.8, 4) is 5.75 Å². The molecule has 0 fully saturated rings. The van der Waals surface area contributed by atoms with Crippen LogP contribution in [0.25, 0.3) is 0 Å². The van der Waals surface area contributed by atoms with E-state index in [9.17, 15) is 4.79 Å². The number of hydrogen-bond donors (Lipinski definition) is 1. The fraction of sp³-hybridized carbons (Fsp3) is 0.588. The second-order valence-corrected chi connectivity index (χ2v) is 6.45. The summed E-state index contributed by atoms with van der Waals surface area (Å²) in [6, 6.07) is 6.04. The molecule has 1 rings (SSSR count). The molecule has 3 nitrogen and oxygen atoms in total. The van der Waals surface area contributed by atoms with E-state index in [-0.39, 0.29) is 5.91 Å². The standard InChI is InChI=1S/C17H26BrNO2/c1-4-7-14(18)11-13-9-10-15(16(12-13)21-6-3)19-17(20)8-5-2/h9-10,12,14H,4-8,11H2,1-3H3,(H,19,20). The largest absolute Gasteiger partial charge is 0.492 e. The van der Waals surface area contributed by atoms with Gasteiger partial charge in [-0.15, -0.1) is 0 Å². The molecule has 1 aromatic rings. The van der Waals surface area contributed by atoms with Gasteiger partial charge in [-0.25, -0.2) is 0 Å². The molecule has 0 bridgehead atoms. The van der Waals surface area contributed by atoms with Gasteiger partial charge in [0.15, 0.2) is 0 Å². The molecule has 0 aliphatic rings. The molecule has 1 unspecified atom stereocenters. The summed E-state index contributed by atoms with van der Waals surface area (Å²) in [6.45, 7) is 6.73. The fourth-order valence-electron chi connectivity index (χ4n) is 2.18. The van der Waals surface area contributed by atoms with E-state index < -0.39 is 0 Å². The highest BCUT2D eigenvalue weighted by Crippen LogP contribution is 2.28. The highest BCUT2D eigenvalue weighted by atomic mass is 79.9. The summed E-state index contributed by atoms with van der Waals surface area (Å²) in [5, 5.41) is 2.93. The lowest BCUT2D eigenvalue weighted by Gasteiger charge is -2.14. The van der Waals surface area contributed by atoms with E-state index in [0.717, 1.165) is 30.7 Å². The predicted octanol–water partition coefficient (Wildman–Crippen LogP) is 4.93. The van der Waals surface area contributed by atoms with Gasteiger partial charge in [0, 0.05) is 11.2 Å². The highest BCUT2D eigenvalue weighted by molar-refractivity contribution is 9.09. The van der Waals surface area contributed by atoms with Gasteiger partial charge in [-0.2, -0.15) is 0 Å². The third-order valence-corrected chi connectivity index (χ3v) is 3.94. The molecule has 118 valence electrons. The number of amides is 1. The summed E-state index contributed by atoms with van der Waals surface area (Å²) < 4.78 is 5.67. The molecule has 4 heteroatoms. The number of anilines is 1. The molecule has 0 radical (unpaired) electrons.